The van der Waals surface area contributed by atoms with Crippen LogP contribution in [0.4, 0.5) is 0 Å². The monoisotopic (exact) mass is 273 g/mol. The van der Waals surface area contributed by atoms with E-state index in [2.05, 4.69) is 35.4 Å². The lowest BCUT2D eigenvalue weighted by Crippen LogP contribution is -2.44. The number of nitrogens with two attached hydrogens (primary N) is 1. The Labute approximate surface area is 119 Å². The molecule has 1 atom stereocenters. The molecular formula is C16H23N3O. The van der Waals surface area contributed by atoms with Crippen LogP contribution in [0.3, 0.4) is 0 Å². The normalized spacial score (nSPS) is 12.8. The molecule has 0 saturated heterocycles. The molecule has 0 saturated carbocycles. The number of rotatable bonds is 5. The summed E-state index contributed by atoms with van der Waals surface area (Å²) in [6.07, 6.45) is 2.83. The number of H-pyrrole nitrogens is 1. The summed E-state index contributed by atoms with van der Waals surface area (Å²) in [5.74, 6) is 0.0850. The highest BCUT2D eigenvalue weighted by molar-refractivity contribution is 5.86. The maximum Gasteiger partial charge on any atom is 0.237 e. The van der Waals surface area contributed by atoms with Gasteiger partial charge in [-0.05, 0) is 30.4 Å². The highest BCUT2D eigenvalue weighted by Crippen LogP contribution is 2.21. The molecule has 0 spiro atoms. The average molecular weight is 273 g/mol. The largest absolute Gasteiger partial charge is 0.361 e. The Hall–Kier alpha value is -1.81. The van der Waals surface area contributed by atoms with E-state index >= 15 is 0 Å². The van der Waals surface area contributed by atoms with Crippen LogP contribution in [0.1, 0.15) is 25.0 Å². The van der Waals surface area contributed by atoms with Gasteiger partial charge in [0.25, 0.3) is 0 Å². The van der Waals surface area contributed by atoms with Gasteiger partial charge in [-0.2, -0.15) is 0 Å². The molecule has 1 heterocycles. The van der Waals surface area contributed by atoms with E-state index in [0.717, 1.165) is 6.42 Å². The quantitative estimate of drug-likeness (QED) is 0.781. The first-order valence-corrected chi connectivity index (χ1v) is 7.09. The lowest BCUT2D eigenvalue weighted by Gasteiger charge is -2.15. The topological polar surface area (TPSA) is 70.9 Å². The number of benzene rings is 1. The Morgan fingerprint density at radius 2 is 2.15 bits per heavy atom. The van der Waals surface area contributed by atoms with Crippen molar-refractivity contribution in [2.75, 3.05) is 6.54 Å². The number of hydrogen-bond donors (Lipinski definition) is 3. The van der Waals surface area contributed by atoms with Crippen LogP contribution < -0.4 is 11.1 Å². The van der Waals surface area contributed by atoms with E-state index in [0.29, 0.717) is 6.54 Å². The van der Waals surface area contributed by atoms with Gasteiger partial charge in [0.15, 0.2) is 0 Å². The minimum absolute atomic E-state index is 0.0731. The SMILES string of the molecule is Cc1cccc2c(CCNC(=O)[C@@H](N)C(C)C)c[nH]c12. The third kappa shape index (κ3) is 3.02. The number of aromatic nitrogens is 1. The molecule has 0 fully saturated rings. The number of aryl methyl sites for hydroxylation is 1. The predicted octanol–water partition coefficient (Wildman–Crippen LogP) is 2.12. The fourth-order valence-electron chi connectivity index (χ4n) is 2.31. The molecule has 4 heteroatoms. The van der Waals surface area contributed by atoms with Gasteiger partial charge < -0.3 is 16.0 Å². The van der Waals surface area contributed by atoms with E-state index < -0.39 is 6.04 Å². The molecule has 0 aliphatic heterocycles. The minimum Gasteiger partial charge on any atom is -0.361 e. The highest BCUT2D eigenvalue weighted by atomic mass is 16.2. The summed E-state index contributed by atoms with van der Waals surface area (Å²) in [7, 11) is 0. The van der Waals surface area contributed by atoms with Crippen molar-refractivity contribution < 1.29 is 4.79 Å². The van der Waals surface area contributed by atoms with E-state index in [4.69, 9.17) is 5.73 Å². The van der Waals surface area contributed by atoms with Gasteiger partial charge in [0.05, 0.1) is 6.04 Å². The van der Waals surface area contributed by atoms with Crippen LogP contribution in [0.2, 0.25) is 0 Å². The fourth-order valence-corrected chi connectivity index (χ4v) is 2.31. The van der Waals surface area contributed by atoms with Crippen molar-refractivity contribution in [2.24, 2.45) is 11.7 Å². The minimum atomic E-state index is -0.430. The first-order chi connectivity index (χ1) is 9.50. The number of amides is 1. The van der Waals surface area contributed by atoms with Crippen molar-refractivity contribution in [3.63, 3.8) is 0 Å². The molecular weight excluding hydrogens is 250 g/mol. The lowest BCUT2D eigenvalue weighted by molar-refractivity contribution is -0.123. The lowest BCUT2D eigenvalue weighted by atomic mass is 10.0. The van der Waals surface area contributed by atoms with Crippen LogP contribution in [-0.4, -0.2) is 23.5 Å². The summed E-state index contributed by atoms with van der Waals surface area (Å²) >= 11 is 0. The maximum absolute atomic E-state index is 11.8. The molecule has 0 bridgehead atoms. The molecule has 1 amide bonds. The van der Waals surface area contributed by atoms with E-state index in [-0.39, 0.29) is 11.8 Å². The van der Waals surface area contributed by atoms with E-state index in [9.17, 15) is 4.79 Å². The second-order valence-electron chi connectivity index (χ2n) is 5.62. The summed E-state index contributed by atoms with van der Waals surface area (Å²) in [5.41, 5.74) is 9.45. The molecule has 0 unspecified atom stereocenters. The maximum atomic E-state index is 11.8. The van der Waals surface area contributed by atoms with E-state index in [1.54, 1.807) is 0 Å². The molecule has 0 aliphatic rings. The Kier molecular flexibility index (Phi) is 4.45. The molecule has 0 aliphatic carbocycles. The average Bonchev–Trinajstić information content (AvgIpc) is 2.82. The number of carbonyl (C=O) groups is 1. The number of hydrogen-bond acceptors (Lipinski definition) is 2. The van der Waals surface area contributed by atoms with Crippen LogP contribution >= 0.6 is 0 Å². The zero-order valence-electron chi connectivity index (χ0n) is 12.4. The summed E-state index contributed by atoms with van der Waals surface area (Å²) in [6, 6.07) is 5.82. The fraction of sp³-hybridized carbons (Fsp3) is 0.438. The van der Waals surface area contributed by atoms with E-state index in [1.165, 1.54) is 22.0 Å². The molecule has 20 heavy (non-hydrogen) atoms. The van der Waals surface area contributed by atoms with Crippen molar-refractivity contribution in [1.29, 1.82) is 0 Å². The molecule has 1 aromatic heterocycles. The van der Waals surface area contributed by atoms with Gasteiger partial charge in [0.1, 0.15) is 0 Å². The number of fused-ring (bicyclic) bond motifs is 1. The number of aromatic amines is 1. The van der Waals surface area contributed by atoms with Crippen molar-refractivity contribution in [3.05, 3.63) is 35.5 Å². The van der Waals surface area contributed by atoms with Crippen LogP contribution in [0.15, 0.2) is 24.4 Å². The summed E-state index contributed by atoms with van der Waals surface area (Å²) in [4.78, 5) is 15.1. The first kappa shape index (κ1) is 14.6. The summed E-state index contributed by atoms with van der Waals surface area (Å²) < 4.78 is 0. The van der Waals surface area contributed by atoms with Gasteiger partial charge in [-0.15, -0.1) is 0 Å². The zero-order chi connectivity index (χ0) is 14.7. The predicted molar refractivity (Wildman–Crippen MR) is 82.6 cm³/mol. The van der Waals surface area contributed by atoms with Gasteiger partial charge in [0, 0.05) is 23.6 Å². The first-order valence-electron chi connectivity index (χ1n) is 7.09. The van der Waals surface area contributed by atoms with Crippen molar-refractivity contribution >= 4 is 16.8 Å². The number of carbonyl (C=O) groups excluding carboxylic acids is 1. The van der Waals surface area contributed by atoms with Gasteiger partial charge in [0.2, 0.25) is 5.91 Å². The third-order valence-electron chi connectivity index (χ3n) is 3.72. The van der Waals surface area contributed by atoms with Crippen LogP contribution in [0.25, 0.3) is 10.9 Å². The Morgan fingerprint density at radius 1 is 1.40 bits per heavy atom. The number of para-hydroxylation sites is 1. The Balaban J connectivity index is 1.97. The molecule has 108 valence electrons. The number of nitrogens with one attached hydrogen (secondary N) is 2. The molecule has 1 aromatic carbocycles. The van der Waals surface area contributed by atoms with Crippen LogP contribution in [-0.2, 0) is 11.2 Å². The van der Waals surface area contributed by atoms with Crippen LogP contribution in [0, 0.1) is 12.8 Å². The van der Waals surface area contributed by atoms with Crippen LogP contribution in [0.5, 0.6) is 0 Å². The van der Waals surface area contributed by atoms with E-state index in [1.807, 2.05) is 20.0 Å². The van der Waals surface area contributed by atoms with Gasteiger partial charge in [-0.1, -0.05) is 32.0 Å². The molecule has 0 radical (unpaired) electrons. The van der Waals surface area contributed by atoms with Gasteiger partial charge >= 0.3 is 0 Å². The summed E-state index contributed by atoms with van der Waals surface area (Å²) in [5, 5.41) is 4.13. The molecule has 2 rings (SSSR count). The summed E-state index contributed by atoms with van der Waals surface area (Å²) in [6.45, 7) is 6.60. The van der Waals surface area contributed by atoms with Gasteiger partial charge in [-0.25, -0.2) is 0 Å². The second-order valence-corrected chi connectivity index (χ2v) is 5.62. The molecule has 2 aromatic rings. The standard InChI is InChI=1S/C16H23N3O/c1-10(2)14(17)16(20)18-8-7-12-9-19-15-11(3)5-4-6-13(12)15/h4-6,9-10,14,19H,7-8,17H2,1-3H3,(H,18,20)/t14-/m0/s1. The highest BCUT2D eigenvalue weighted by Gasteiger charge is 2.16. The van der Waals surface area contributed by atoms with Crippen molar-refractivity contribution in [1.82, 2.24) is 10.3 Å². The van der Waals surface area contributed by atoms with Gasteiger partial charge in [-0.3, -0.25) is 4.79 Å². The molecule has 4 nitrogen and oxygen atoms in total. The smallest absolute Gasteiger partial charge is 0.237 e. The Morgan fingerprint density at radius 3 is 2.85 bits per heavy atom. The Bertz CT molecular complexity index is 601. The van der Waals surface area contributed by atoms with Crippen molar-refractivity contribution in [2.45, 2.75) is 33.2 Å². The third-order valence-corrected chi connectivity index (χ3v) is 3.72. The van der Waals surface area contributed by atoms with Crippen molar-refractivity contribution in [3.8, 4) is 0 Å². The zero-order valence-corrected chi connectivity index (χ0v) is 12.4. The second kappa shape index (κ2) is 6.09. The molecule has 4 N–H and O–H groups in total.